The van der Waals surface area contributed by atoms with E-state index in [1.807, 2.05) is 13.8 Å². The first-order valence-electron chi connectivity index (χ1n) is 11.7. The molecule has 12 nitrogen and oxygen atoms in total. The Labute approximate surface area is 223 Å². The maximum atomic E-state index is 12.7. The van der Waals surface area contributed by atoms with Gasteiger partial charge in [-0.3, -0.25) is 24.8 Å². The number of nitro benzene ring substituents is 1. The van der Waals surface area contributed by atoms with E-state index in [1.54, 1.807) is 32.0 Å². The number of benzene rings is 2. The molecule has 0 saturated carbocycles. The second kappa shape index (κ2) is 12.8. The van der Waals surface area contributed by atoms with Crippen molar-refractivity contribution in [3.8, 4) is 0 Å². The monoisotopic (exact) mass is 540 g/mol. The normalized spacial score (nSPS) is 11.7. The van der Waals surface area contributed by atoms with E-state index < -0.39 is 22.8 Å². The highest BCUT2D eigenvalue weighted by Gasteiger charge is 2.24. The zero-order chi connectivity index (χ0) is 27.8. The third-order valence-corrected chi connectivity index (χ3v) is 5.95. The molecule has 2 amide bonds. The molecule has 3 aromatic rings. The predicted molar refractivity (Wildman–Crippen MR) is 141 cm³/mol. The summed E-state index contributed by atoms with van der Waals surface area (Å²) in [4.78, 5) is 52.1. The van der Waals surface area contributed by atoms with Crippen LogP contribution in [0.1, 0.15) is 60.3 Å². The van der Waals surface area contributed by atoms with Crippen LogP contribution in [0, 0.1) is 16.0 Å². The van der Waals surface area contributed by atoms with Gasteiger partial charge < -0.3 is 15.4 Å². The molecule has 0 aliphatic rings. The van der Waals surface area contributed by atoms with Crippen molar-refractivity contribution in [3.05, 3.63) is 75.6 Å². The Hall–Kier alpha value is -4.26. The number of carbonyl (C=O) groups excluding carboxylic acids is 3. The first kappa shape index (κ1) is 28.3. The Morgan fingerprint density at radius 1 is 1.08 bits per heavy atom. The van der Waals surface area contributed by atoms with Crippen LogP contribution in [0.25, 0.3) is 0 Å². The van der Waals surface area contributed by atoms with Gasteiger partial charge in [-0.2, -0.15) is 0 Å². The molecule has 0 fully saturated rings. The van der Waals surface area contributed by atoms with Crippen LogP contribution in [0.15, 0.2) is 53.7 Å². The summed E-state index contributed by atoms with van der Waals surface area (Å²) in [6, 6.07) is 11.3. The van der Waals surface area contributed by atoms with E-state index in [2.05, 4.69) is 25.8 Å². The molecule has 0 radical (unpaired) electrons. The zero-order valence-corrected chi connectivity index (χ0v) is 22.1. The predicted octanol–water partition coefficient (Wildman–Crippen LogP) is 4.14. The molecular weight excluding hydrogens is 512 g/mol. The van der Waals surface area contributed by atoms with Gasteiger partial charge in [0.25, 0.3) is 11.6 Å². The molecule has 3 N–H and O–H groups in total. The largest absolute Gasteiger partial charge is 0.459 e. The summed E-state index contributed by atoms with van der Waals surface area (Å²) in [7, 11) is 0. The quantitative estimate of drug-likeness (QED) is 0.140. The minimum Gasteiger partial charge on any atom is -0.459 e. The molecule has 3 rings (SSSR count). The fourth-order valence-electron chi connectivity index (χ4n) is 3.33. The highest BCUT2D eigenvalue weighted by Crippen LogP contribution is 2.23. The number of aromatic nitrogens is 3. The zero-order valence-electron chi connectivity index (χ0n) is 21.3. The minimum atomic E-state index is -0.565. The lowest BCUT2D eigenvalue weighted by Crippen LogP contribution is -2.32. The van der Waals surface area contributed by atoms with E-state index in [-0.39, 0.29) is 34.9 Å². The number of aromatic amines is 1. The Morgan fingerprint density at radius 2 is 1.79 bits per heavy atom. The summed E-state index contributed by atoms with van der Waals surface area (Å²) in [6.07, 6.45) is -0.258. The molecule has 0 unspecified atom stereocenters. The van der Waals surface area contributed by atoms with Gasteiger partial charge in [-0.05, 0) is 44.0 Å². The molecule has 1 heterocycles. The van der Waals surface area contributed by atoms with Crippen molar-refractivity contribution < 1.29 is 24.0 Å². The molecular formula is C25H28N6O6S. The Bertz CT molecular complexity index is 1320. The fourth-order valence-corrected chi connectivity index (χ4v) is 3.94. The van der Waals surface area contributed by atoms with E-state index in [1.165, 1.54) is 30.3 Å². The first-order chi connectivity index (χ1) is 18.0. The van der Waals surface area contributed by atoms with Crippen molar-refractivity contribution in [2.24, 2.45) is 5.92 Å². The average Bonchev–Trinajstić information content (AvgIpc) is 3.34. The van der Waals surface area contributed by atoms with Crippen LogP contribution in [-0.4, -0.2) is 49.7 Å². The van der Waals surface area contributed by atoms with Gasteiger partial charge in [0, 0.05) is 23.4 Å². The number of nitro groups is 1. The maximum absolute atomic E-state index is 12.7. The lowest BCUT2D eigenvalue weighted by atomic mass is 10.0. The molecule has 1 aromatic heterocycles. The smallest absolute Gasteiger partial charge is 0.338 e. The topological polar surface area (TPSA) is 169 Å². The number of nitrogens with one attached hydrogen (secondary N) is 3. The number of esters is 1. The van der Waals surface area contributed by atoms with Gasteiger partial charge in [0.2, 0.25) is 11.1 Å². The van der Waals surface area contributed by atoms with E-state index in [9.17, 15) is 24.5 Å². The summed E-state index contributed by atoms with van der Waals surface area (Å²) in [6.45, 7) is 7.27. The van der Waals surface area contributed by atoms with E-state index in [0.717, 1.165) is 11.8 Å². The molecule has 0 bridgehead atoms. The van der Waals surface area contributed by atoms with Crippen LogP contribution in [0.2, 0.25) is 0 Å². The van der Waals surface area contributed by atoms with Crippen LogP contribution in [0.3, 0.4) is 0 Å². The van der Waals surface area contributed by atoms with E-state index in [0.29, 0.717) is 22.2 Å². The van der Waals surface area contributed by atoms with Crippen molar-refractivity contribution in [2.75, 3.05) is 11.1 Å². The number of ether oxygens (including phenoxy) is 1. The first-order valence-corrected chi connectivity index (χ1v) is 12.7. The number of amides is 2. The SMILES string of the molecule is CC(C)OC(=O)c1cccc(NC(=O)CSc2n[nH]c([C@@H](NC(=O)c3cccc([N+](=O)[O-])c3)C(C)C)n2)c1. The second-order valence-electron chi connectivity index (χ2n) is 8.88. The molecule has 200 valence electrons. The van der Waals surface area contributed by atoms with Crippen molar-refractivity contribution in [2.45, 2.75) is 45.0 Å². The number of nitrogens with zero attached hydrogens (tertiary/aromatic N) is 3. The Kier molecular flexibility index (Phi) is 9.55. The summed E-state index contributed by atoms with van der Waals surface area (Å²) in [5, 5.41) is 23.8. The Morgan fingerprint density at radius 3 is 2.47 bits per heavy atom. The number of rotatable bonds is 11. The number of thioether (sulfide) groups is 1. The van der Waals surface area contributed by atoms with Gasteiger partial charge >= 0.3 is 5.97 Å². The summed E-state index contributed by atoms with van der Waals surface area (Å²) in [5.41, 5.74) is 0.748. The molecule has 0 aliphatic carbocycles. The van der Waals surface area contributed by atoms with Crippen LogP contribution < -0.4 is 10.6 Å². The fraction of sp³-hybridized carbons (Fsp3) is 0.320. The molecule has 2 aromatic carbocycles. The lowest BCUT2D eigenvalue weighted by molar-refractivity contribution is -0.384. The number of non-ortho nitro benzene ring substituents is 1. The minimum absolute atomic E-state index is 0.00431. The number of hydrogen-bond acceptors (Lipinski definition) is 9. The van der Waals surface area contributed by atoms with Crippen LogP contribution >= 0.6 is 11.8 Å². The van der Waals surface area contributed by atoms with Gasteiger partial charge in [-0.15, -0.1) is 5.10 Å². The van der Waals surface area contributed by atoms with Gasteiger partial charge in [-0.25, -0.2) is 9.78 Å². The molecule has 0 aliphatic heterocycles. The van der Waals surface area contributed by atoms with Crippen molar-refractivity contribution in [1.29, 1.82) is 0 Å². The Balaban J connectivity index is 1.60. The third kappa shape index (κ3) is 7.87. The van der Waals surface area contributed by atoms with Gasteiger partial charge in [0.05, 0.1) is 28.4 Å². The maximum Gasteiger partial charge on any atom is 0.338 e. The van der Waals surface area contributed by atoms with Gasteiger partial charge in [0.1, 0.15) is 5.82 Å². The summed E-state index contributed by atoms with van der Waals surface area (Å²) in [5.74, 6) is -0.980. The van der Waals surface area contributed by atoms with Gasteiger partial charge in [-0.1, -0.05) is 37.7 Å². The highest BCUT2D eigenvalue weighted by atomic mass is 32.2. The average molecular weight is 541 g/mol. The van der Waals surface area contributed by atoms with E-state index >= 15 is 0 Å². The second-order valence-corrected chi connectivity index (χ2v) is 9.82. The number of carbonyl (C=O) groups is 3. The molecule has 0 saturated heterocycles. The van der Waals surface area contributed by atoms with Crippen molar-refractivity contribution in [3.63, 3.8) is 0 Å². The van der Waals surface area contributed by atoms with Gasteiger partial charge in [0.15, 0.2) is 0 Å². The number of H-pyrrole nitrogens is 1. The highest BCUT2D eigenvalue weighted by molar-refractivity contribution is 7.99. The molecule has 13 heteroatoms. The number of hydrogen-bond donors (Lipinski definition) is 3. The number of anilines is 1. The lowest BCUT2D eigenvalue weighted by Gasteiger charge is -2.19. The van der Waals surface area contributed by atoms with Crippen molar-refractivity contribution >= 4 is 40.9 Å². The molecule has 0 spiro atoms. The van der Waals surface area contributed by atoms with Crippen LogP contribution in [0.4, 0.5) is 11.4 Å². The van der Waals surface area contributed by atoms with Crippen LogP contribution in [0.5, 0.6) is 0 Å². The molecule has 1 atom stereocenters. The summed E-state index contributed by atoms with van der Waals surface area (Å²) >= 11 is 1.09. The molecule has 38 heavy (non-hydrogen) atoms. The third-order valence-electron chi connectivity index (χ3n) is 5.11. The van der Waals surface area contributed by atoms with Crippen molar-refractivity contribution in [1.82, 2.24) is 20.5 Å². The standard InChI is InChI=1S/C25H28N6O6S/c1-14(2)21(27-23(33)16-7-6-10-19(12-16)31(35)36)22-28-25(30-29-22)38-13-20(32)26-18-9-5-8-17(11-18)24(34)37-15(3)4/h5-12,14-15,21H,13H2,1-4H3,(H,26,32)(H,27,33)(H,28,29,30)/t21-/m0/s1. The van der Waals surface area contributed by atoms with Crippen LogP contribution in [-0.2, 0) is 9.53 Å². The summed E-state index contributed by atoms with van der Waals surface area (Å²) < 4.78 is 5.17. The van der Waals surface area contributed by atoms with E-state index in [4.69, 9.17) is 4.74 Å².